The predicted octanol–water partition coefficient (Wildman–Crippen LogP) is 1.95. The molecule has 1 aromatic rings. The number of pyridine rings is 1. The van der Waals surface area contributed by atoms with Crippen molar-refractivity contribution < 1.29 is 0 Å². The summed E-state index contributed by atoms with van der Waals surface area (Å²) in [5.41, 5.74) is 2.38. The van der Waals surface area contributed by atoms with E-state index < -0.39 is 0 Å². The van der Waals surface area contributed by atoms with Crippen LogP contribution in [0, 0.1) is 6.92 Å². The normalized spacial score (nSPS) is 10.8. The van der Waals surface area contributed by atoms with Gasteiger partial charge >= 0.3 is 0 Å². The number of rotatable bonds is 4. The van der Waals surface area contributed by atoms with Gasteiger partial charge in [-0.1, -0.05) is 19.9 Å². The molecule has 1 heterocycles. The molecule has 0 aliphatic heterocycles. The van der Waals surface area contributed by atoms with E-state index in [9.17, 15) is 0 Å². The Bertz CT molecular complexity index is 319. The van der Waals surface area contributed by atoms with E-state index in [-0.39, 0.29) is 0 Å². The van der Waals surface area contributed by atoms with E-state index in [1.807, 2.05) is 19.0 Å². The minimum Gasteiger partial charge on any atom is -0.363 e. The summed E-state index contributed by atoms with van der Waals surface area (Å²) in [5, 5.41) is 3.40. The second-order valence-electron chi connectivity index (χ2n) is 4.34. The third kappa shape index (κ3) is 3.51. The van der Waals surface area contributed by atoms with Gasteiger partial charge in [-0.25, -0.2) is 4.98 Å². The minimum atomic E-state index is 0.512. The Labute approximate surface area is 92.5 Å². The van der Waals surface area contributed by atoms with Crippen molar-refractivity contribution >= 4 is 5.82 Å². The van der Waals surface area contributed by atoms with Gasteiger partial charge in [0.1, 0.15) is 5.82 Å². The maximum Gasteiger partial charge on any atom is 0.128 e. The molecule has 0 aliphatic carbocycles. The van der Waals surface area contributed by atoms with Crippen molar-refractivity contribution in [3.8, 4) is 0 Å². The zero-order chi connectivity index (χ0) is 11.4. The van der Waals surface area contributed by atoms with Crippen LogP contribution >= 0.6 is 0 Å². The van der Waals surface area contributed by atoms with Gasteiger partial charge in [-0.2, -0.15) is 0 Å². The van der Waals surface area contributed by atoms with Crippen LogP contribution in [0.5, 0.6) is 0 Å². The highest BCUT2D eigenvalue weighted by Gasteiger charge is 2.03. The molecule has 0 aliphatic rings. The molecule has 1 N–H and O–H groups in total. The SMILES string of the molecule is Cc1nc(N(C)C)ccc1CNC(C)C. The smallest absolute Gasteiger partial charge is 0.128 e. The molecule has 0 saturated carbocycles. The first-order valence-electron chi connectivity index (χ1n) is 5.38. The van der Waals surface area contributed by atoms with Crippen molar-refractivity contribution in [2.24, 2.45) is 0 Å². The predicted molar refractivity (Wildman–Crippen MR) is 65.3 cm³/mol. The summed E-state index contributed by atoms with van der Waals surface area (Å²) in [6, 6.07) is 4.72. The second-order valence-corrected chi connectivity index (χ2v) is 4.34. The first-order chi connectivity index (χ1) is 7.00. The Kier molecular flexibility index (Phi) is 4.09. The van der Waals surface area contributed by atoms with Crippen LogP contribution in [0.3, 0.4) is 0 Å². The van der Waals surface area contributed by atoms with Gasteiger partial charge < -0.3 is 10.2 Å². The summed E-state index contributed by atoms with van der Waals surface area (Å²) < 4.78 is 0. The fourth-order valence-corrected chi connectivity index (χ4v) is 1.33. The molecule has 84 valence electrons. The largest absolute Gasteiger partial charge is 0.363 e. The highest BCUT2D eigenvalue weighted by molar-refractivity contribution is 5.39. The lowest BCUT2D eigenvalue weighted by molar-refractivity contribution is 0.586. The summed E-state index contributed by atoms with van der Waals surface area (Å²) >= 11 is 0. The lowest BCUT2D eigenvalue weighted by Crippen LogP contribution is -2.22. The third-order valence-corrected chi connectivity index (χ3v) is 2.34. The molecule has 0 radical (unpaired) electrons. The van der Waals surface area contributed by atoms with E-state index >= 15 is 0 Å². The molecule has 3 heteroatoms. The van der Waals surface area contributed by atoms with E-state index in [4.69, 9.17) is 0 Å². The van der Waals surface area contributed by atoms with E-state index in [2.05, 4.69) is 43.2 Å². The van der Waals surface area contributed by atoms with Crippen LogP contribution in [0.15, 0.2) is 12.1 Å². The number of hydrogen-bond acceptors (Lipinski definition) is 3. The molecule has 0 saturated heterocycles. The monoisotopic (exact) mass is 207 g/mol. The van der Waals surface area contributed by atoms with Gasteiger partial charge in [0.05, 0.1) is 0 Å². The minimum absolute atomic E-state index is 0.512. The van der Waals surface area contributed by atoms with Gasteiger partial charge in [-0.3, -0.25) is 0 Å². The molecule has 0 aromatic carbocycles. The number of nitrogens with zero attached hydrogens (tertiary/aromatic N) is 2. The Morgan fingerprint density at radius 3 is 2.47 bits per heavy atom. The maximum absolute atomic E-state index is 4.54. The average molecular weight is 207 g/mol. The van der Waals surface area contributed by atoms with Crippen LogP contribution in [-0.2, 0) is 6.54 Å². The highest BCUT2D eigenvalue weighted by atomic mass is 15.1. The quantitative estimate of drug-likeness (QED) is 0.818. The van der Waals surface area contributed by atoms with E-state index in [0.717, 1.165) is 18.1 Å². The van der Waals surface area contributed by atoms with Crippen LogP contribution in [-0.4, -0.2) is 25.1 Å². The Balaban J connectivity index is 2.75. The number of hydrogen-bond donors (Lipinski definition) is 1. The van der Waals surface area contributed by atoms with Crippen molar-refractivity contribution in [3.63, 3.8) is 0 Å². The maximum atomic E-state index is 4.54. The van der Waals surface area contributed by atoms with Gasteiger partial charge in [-0.05, 0) is 18.6 Å². The number of aryl methyl sites for hydroxylation is 1. The van der Waals surface area contributed by atoms with Crippen LogP contribution < -0.4 is 10.2 Å². The number of nitrogens with one attached hydrogen (secondary N) is 1. The van der Waals surface area contributed by atoms with Crippen molar-refractivity contribution in [2.45, 2.75) is 33.4 Å². The highest BCUT2D eigenvalue weighted by Crippen LogP contribution is 2.12. The van der Waals surface area contributed by atoms with Gasteiger partial charge in [-0.15, -0.1) is 0 Å². The summed E-state index contributed by atoms with van der Waals surface area (Å²) in [6.07, 6.45) is 0. The molecule has 15 heavy (non-hydrogen) atoms. The molecule has 0 atom stereocenters. The summed E-state index contributed by atoms with van der Waals surface area (Å²) in [6.45, 7) is 7.25. The Hall–Kier alpha value is -1.09. The fourth-order valence-electron chi connectivity index (χ4n) is 1.33. The van der Waals surface area contributed by atoms with Crippen molar-refractivity contribution in [3.05, 3.63) is 23.4 Å². The van der Waals surface area contributed by atoms with E-state index in [1.165, 1.54) is 5.56 Å². The van der Waals surface area contributed by atoms with Crippen LogP contribution in [0.2, 0.25) is 0 Å². The number of aromatic nitrogens is 1. The summed E-state index contributed by atoms with van der Waals surface area (Å²) in [4.78, 5) is 6.56. The molecule has 3 nitrogen and oxygen atoms in total. The van der Waals surface area contributed by atoms with Gasteiger partial charge in [0.2, 0.25) is 0 Å². The number of anilines is 1. The first-order valence-corrected chi connectivity index (χ1v) is 5.38. The summed E-state index contributed by atoms with van der Waals surface area (Å²) in [7, 11) is 4.02. The molecule has 0 fully saturated rings. The standard InChI is InChI=1S/C12H21N3/c1-9(2)13-8-11-6-7-12(15(4)5)14-10(11)3/h6-7,9,13H,8H2,1-5H3. The van der Waals surface area contributed by atoms with Crippen molar-refractivity contribution in [1.82, 2.24) is 10.3 Å². The lowest BCUT2D eigenvalue weighted by atomic mass is 10.2. The van der Waals surface area contributed by atoms with Gasteiger partial charge in [0.25, 0.3) is 0 Å². The van der Waals surface area contributed by atoms with Crippen LogP contribution in [0.4, 0.5) is 5.82 Å². The van der Waals surface area contributed by atoms with Crippen LogP contribution in [0.1, 0.15) is 25.1 Å². The fraction of sp³-hybridized carbons (Fsp3) is 0.583. The first kappa shape index (κ1) is 12.0. The molecular weight excluding hydrogens is 186 g/mol. The summed E-state index contributed by atoms with van der Waals surface area (Å²) in [5.74, 6) is 1.01. The van der Waals surface area contributed by atoms with E-state index in [1.54, 1.807) is 0 Å². The second kappa shape index (κ2) is 5.12. The zero-order valence-electron chi connectivity index (χ0n) is 10.3. The van der Waals surface area contributed by atoms with Crippen LogP contribution in [0.25, 0.3) is 0 Å². The van der Waals surface area contributed by atoms with Gasteiger partial charge in [0, 0.05) is 32.4 Å². The van der Waals surface area contributed by atoms with E-state index in [0.29, 0.717) is 6.04 Å². The topological polar surface area (TPSA) is 28.2 Å². The lowest BCUT2D eigenvalue weighted by Gasteiger charge is -2.14. The Morgan fingerprint density at radius 1 is 1.33 bits per heavy atom. The molecule has 1 rings (SSSR count). The van der Waals surface area contributed by atoms with Crippen molar-refractivity contribution in [2.75, 3.05) is 19.0 Å². The molecular formula is C12H21N3. The zero-order valence-corrected chi connectivity index (χ0v) is 10.3. The third-order valence-electron chi connectivity index (χ3n) is 2.34. The molecule has 0 bridgehead atoms. The Morgan fingerprint density at radius 2 is 2.00 bits per heavy atom. The molecule has 1 aromatic heterocycles. The molecule has 0 unspecified atom stereocenters. The van der Waals surface area contributed by atoms with Gasteiger partial charge in [0.15, 0.2) is 0 Å². The molecule has 0 spiro atoms. The van der Waals surface area contributed by atoms with Crippen molar-refractivity contribution in [1.29, 1.82) is 0 Å². The molecule has 0 amide bonds. The average Bonchev–Trinajstić information content (AvgIpc) is 2.15.